The molecule has 0 saturated carbocycles. The second kappa shape index (κ2) is 4.02. The van der Waals surface area contributed by atoms with Gasteiger partial charge in [0.15, 0.2) is 5.58 Å². The van der Waals surface area contributed by atoms with E-state index in [1.807, 2.05) is 0 Å². The molecule has 2 rings (SSSR count). The minimum Gasteiger partial charge on any atom is -0.438 e. The predicted molar refractivity (Wildman–Crippen MR) is 54.5 cm³/mol. The van der Waals surface area contributed by atoms with Crippen molar-refractivity contribution in [3.8, 4) is 0 Å². The number of nitrogens with zero attached hydrogens (tertiary/aromatic N) is 1. The topological polar surface area (TPSA) is 75.7 Å². The number of aromatic nitrogens is 1. The van der Waals surface area contributed by atoms with Crippen LogP contribution in [0.15, 0.2) is 22.6 Å². The lowest BCUT2D eigenvalue weighted by atomic mass is 9.80. The Kier molecular flexibility index (Phi) is 2.72. The molecule has 0 saturated heterocycles. The molecule has 1 aromatic carbocycles. The van der Waals surface area contributed by atoms with Crippen LogP contribution in [0, 0.1) is 0 Å². The summed E-state index contributed by atoms with van der Waals surface area (Å²) in [4.78, 5) is 4.13. The van der Waals surface area contributed by atoms with Crippen LogP contribution in [0.2, 0.25) is 0 Å². The Labute approximate surface area is 86.5 Å². The van der Waals surface area contributed by atoms with Crippen molar-refractivity contribution in [1.29, 1.82) is 0 Å². The van der Waals surface area contributed by atoms with Crippen LogP contribution in [-0.4, -0.2) is 29.3 Å². The Bertz CT molecular complexity index is 468. The van der Waals surface area contributed by atoms with Gasteiger partial charge in [-0.2, -0.15) is 0 Å². The van der Waals surface area contributed by atoms with Crippen LogP contribution in [0.3, 0.4) is 0 Å². The molecule has 0 fully saturated rings. The van der Waals surface area contributed by atoms with Crippen molar-refractivity contribution in [3.63, 3.8) is 0 Å². The number of ether oxygens (including phenoxy) is 1. The maximum absolute atomic E-state index is 8.97. The Morgan fingerprint density at radius 2 is 2.27 bits per heavy atom. The summed E-state index contributed by atoms with van der Waals surface area (Å²) >= 11 is 0. The largest absolute Gasteiger partial charge is 0.488 e. The van der Waals surface area contributed by atoms with E-state index in [4.69, 9.17) is 19.2 Å². The molecule has 15 heavy (non-hydrogen) atoms. The molecule has 1 heterocycles. The van der Waals surface area contributed by atoms with Gasteiger partial charge in [-0.15, -0.1) is 0 Å². The number of benzene rings is 1. The van der Waals surface area contributed by atoms with Gasteiger partial charge < -0.3 is 19.2 Å². The van der Waals surface area contributed by atoms with Crippen molar-refractivity contribution >= 4 is 23.7 Å². The molecule has 6 heteroatoms. The SMILES string of the molecule is COCc1nc2cc(B(O)O)ccc2o1. The Morgan fingerprint density at radius 1 is 1.47 bits per heavy atom. The number of rotatable bonds is 3. The molecule has 0 aliphatic rings. The van der Waals surface area contributed by atoms with Crippen LogP contribution in [-0.2, 0) is 11.3 Å². The van der Waals surface area contributed by atoms with Gasteiger partial charge in [-0.3, -0.25) is 0 Å². The van der Waals surface area contributed by atoms with Gasteiger partial charge in [0.1, 0.15) is 12.1 Å². The Hall–Kier alpha value is -1.37. The highest BCUT2D eigenvalue weighted by atomic mass is 16.5. The zero-order valence-corrected chi connectivity index (χ0v) is 8.17. The summed E-state index contributed by atoms with van der Waals surface area (Å²) in [7, 11) is 0.0644. The van der Waals surface area contributed by atoms with Gasteiger partial charge in [0.2, 0.25) is 5.89 Å². The van der Waals surface area contributed by atoms with Crippen molar-refractivity contribution in [3.05, 3.63) is 24.1 Å². The fourth-order valence-corrected chi connectivity index (χ4v) is 1.34. The van der Waals surface area contributed by atoms with Crippen molar-refractivity contribution < 1.29 is 19.2 Å². The highest BCUT2D eigenvalue weighted by Gasteiger charge is 2.13. The molecule has 0 aliphatic heterocycles. The third-order valence-electron chi connectivity index (χ3n) is 2.02. The standard InChI is InChI=1S/C9H10BNO4/c1-14-5-9-11-7-4-6(10(12)13)2-3-8(7)15-9/h2-4,12-13H,5H2,1H3. The molecule has 2 N–H and O–H groups in total. The van der Waals surface area contributed by atoms with Crippen LogP contribution in [0.4, 0.5) is 0 Å². The average molecular weight is 207 g/mol. The van der Waals surface area contributed by atoms with Crippen LogP contribution < -0.4 is 5.46 Å². The van der Waals surface area contributed by atoms with Gasteiger partial charge >= 0.3 is 7.12 Å². The second-order valence-corrected chi connectivity index (χ2v) is 3.14. The molecule has 0 aliphatic carbocycles. The molecule has 1 aromatic heterocycles. The maximum atomic E-state index is 8.97. The quantitative estimate of drug-likeness (QED) is 0.673. The highest BCUT2D eigenvalue weighted by Crippen LogP contribution is 2.14. The van der Waals surface area contributed by atoms with E-state index in [2.05, 4.69) is 4.98 Å². The van der Waals surface area contributed by atoms with E-state index in [0.717, 1.165) is 0 Å². The lowest BCUT2D eigenvalue weighted by Gasteiger charge is -1.96. The summed E-state index contributed by atoms with van der Waals surface area (Å²) in [6, 6.07) is 4.80. The van der Waals surface area contributed by atoms with Gasteiger partial charge in [-0.25, -0.2) is 4.98 Å². The minimum atomic E-state index is -1.49. The zero-order valence-electron chi connectivity index (χ0n) is 8.17. The molecular formula is C9H10BNO4. The summed E-state index contributed by atoms with van der Waals surface area (Å²) in [6.07, 6.45) is 0. The first-order valence-corrected chi connectivity index (χ1v) is 4.45. The molecule has 0 atom stereocenters. The smallest absolute Gasteiger partial charge is 0.438 e. The molecule has 2 aromatic rings. The lowest BCUT2D eigenvalue weighted by molar-refractivity contribution is 0.161. The predicted octanol–water partition coefficient (Wildman–Crippen LogP) is -0.346. The van der Waals surface area contributed by atoms with E-state index in [-0.39, 0.29) is 0 Å². The molecule has 0 unspecified atom stereocenters. The van der Waals surface area contributed by atoms with E-state index in [1.165, 1.54) is 0 Å². The molecule has 5 nitrogen and oxygen atoms in total. The van der Waals surface area contributed by atoms with E-state index in [9.17, 15) is 0 Å². The van der Waals surface area contributed by atoms with Gasteiger partial charge in [0.05, 0.1) is 0 Å². The van der Waals surface area contributed by atoms with Crippen LogP contribution in [0.5, 0.6) is 0 Å². The summed E-state index contributed by atoms with van der Waals surface area (Å²) in [6.45, 7) is 0.297. The molecule has 78 valence electrons. The lowest BCUT2D eigenvalue weighted by Crippen LogP contribution is -2.29. The third-order valence-corrected chi connectivity index (χ3v) is 2.02. The first kappa shape index (κ1) is 10.2. The maximum Gasteiger partial charge on any atom is 0.488 e. The Balaban J connectivity index is 2.43. The van der Waals surface area contributed by atoms with E-state index < -0.39 is 7.12 Å². The third kappa shape index (κ3) is 2.01. The van der Waals surface area contributed by atoms with Gasteiger partial charge in [0.25, 0.3) is 0 Å². The molecule has 0 spiro atoms. The number of methoxy groups -OCH3 is 1. The summed E-state index contributed by atoms with van der Waals surface area (Å²) in [5.74, 6) is 0.470. The Morgan fingerprint density at radius 3 is 2.93 bits per heavy atom. The minimum absolute atomic E-state index is 0.297. The number of hydrogen-bond donors (Lipinski definition) is 2. The molecule has 0 bridgehead atoms. The highest BCUT2D eigenvalue weighted by molar-refractivity contribution is 6.58. The van der Waals surface area contributed by atoms with Crippen molar-refractivity contribution in [2.45, 2.75) is 6.61 Å². The first-order chi connectivity index (χ1) is 7.20. The molecular weight excluding hydrogens is 197 g/mol. The van der Waals surface area contributed by atoms with E-state index in [1.54, 1.807) is 25.3 Å². The monoisotopic (exact) mass is 207 g/mol. The van der Waals surface area contributed by atoms with Crippen molar-refractivity contribution in [2.75, 3.05) is 7.11 Å². The van der Waals surface area contributed by atoms with Crippen LogP contribution in [0.25, 0.3) is 11.1 Å². The first-order valence-electron chi connectivity index (χ1n) is 4.45. The van der Waals surface area contributed by atoms with E-state index >= 15 is 0 Å². The van der Waals surface area contributed by atoms with Crippen molar-refractivity contribution in [2.24, 2.45) is 0 Å². The fourth-order valence-electron chi connectivity index (χ4n) is 1.34. The summed E-state index contributed by atoms with van der Waals surface area (Å²) in [5.41, 5.74) is 1.58. The van der Waals surface area contributed by atoms with Crippen LogP contribution >= 0.6 is 0 Å². The van der Waals surface area contributed by atoms with Gasteiger partial charge in [0, 0.05) is 7.11 Å². The van der Waals surface area contributed by atoms with Gasteiger partial charge in [-0.05, 0) is 17.6 Å². The second-order valence-electron chi connectivity index (χ2n) is 3.14. The average Bonchev–Trinajstić information content (AvgIpc) is 2.59. The van der Waals surface area contributed by atoms with Crippen LogP contribution in [0.1, 0.15) is 5.89 Å². The normalized spacial score (nSPS) is 10.9. The van der Waals surface area contributed by atoms with Gasteiger partial charge in [-0.1, -0.05) is 6.07 Å². The molecule has 0 amide bonds. The fraction of sp³-hybridized carbons (Fsp3) is 0.222. The van der Waals surface area contributed by atoms with Crippen molar-refractivity contribution in [1.82, 2.24) is 4.98 Å². The summed E-state index contributed by atoms with van der Waals surface area (Å²) < 4.78 is 10.2. The van der Waals surface area contributed by atoms with E-state index in [0.29, 0.717) is 29.1 Å². The number of oxazole rings is 1. The molecule has 0 radical (unpaired) electrons. The number of hydrogen-bond acceptors (Lipinski definition) is 5. The zero-order chi connectivity index (χ0) is 10.8. The summed E-state index contributed by atoms with van der Waals surface area (Å²) in [5, 5.41) is 17.9. The number of fused-ring (bicyclic) bond motifs is 1.